The lowest BCUT2D eigenvalue weighted by atomic mass is 10.1. The lowest BCUT2D eigenvalue weighted by Crippen LogP contribution is -2.10. The van der Waals surface area contributed by atoms with Crippen molar-refractivity contribution < 1.29 is 0 Å². The van der Waals surface area contributed by atoms with Crippen LogP contribution in [0.3, 0.4) is 0 Å². The first kappa shape index (κ1) is 17.9. The van der Waals surface area contributed by atoms with Crippen LogP contribution in [-0.2, 0) is 13.0 Å². The molecule has 0 aliphatic rings. The van der Waals surface area contributed by atoms with E-state index in [0.717, 1.165) is 46.1 Å². The molecule has 0 bridgehead atoms. The second kappa shape index (κ2) is 7.98. The van der Waals surface area contributed by atoms with Crippen molar-refractivity contribution in [2.24, 2.45) is 0 Å². The van der Waals surface area contributed by atoms with Gasteiger partial charge in [-0.3, -0.25) is 4.98 Å². The zero-order valence-corrected chi connectivity index (χ0v) is 16.6. The highest BCUT2D eigenvalue weighted by atomic mass is 79.9. The fourth-order valence-corrected chi connectivity index (χ4v) is 3.38. The molecule has 3 rings (SSSR count). The lowest BCUT2D eigenvalue weighted by molar-refractivity contribution is 0.402. The maximum absolute atomic E-state index is 4.62. The first-order chi connectivity index (χ1) is 12.1. The van der Waals surface area contributed by atoms with E-state index in [-0.39, 0.29) is 0 Å². The van der Waals surface area contributed by atoms with Crippen LogP contribution in [0.4, 0.5) is 11.4 Å². The highest BCUT2D eigenvalue weighted by molar-refractivity contribution is 9.10. The maximum Gasteiger partial charge on any atom is 0.0723 e. The standard InChI is InChI=1S/C21H24BrN3/c1-4-5-16-13-23-20-11-8-17(22)12-19(20)21(16)24-18-9-6-15(7-10-18)14-25(2)3/h6-13H,4-5,14H2,1-3H3,(H,23,24). The number of halogens is 1. The number of hydrogen-bond donors (Lipinski definition) is 1. The Morgan fingerprint density at radius 1 is 1.08 bits per heavy atom. The van der Waals surface area contributed by atoms with Crippen LogP contribution in [0, 0.1) is 0 Å². The molecule has 0 saturated heterocycles. The summed E-state index contributed by atoms with van der Waals surface area (Å²) in [4.78, 5) is 6.80. The fourth-order valence-electron chi connectivity index (χ4n) is 3.02. The van der Waals surface area contributed by atoms with Crippen LogP contribution in [-0.4, -0.2) is 24.0 Å². The van der Waals surface area contributed by atoms with Gasteiger partial charge in [-0.05, 0) is 62.0 Å². The topological polar surface area (TPSA) is 28.2 Å². The van der Waals surface area contributed by atoms with Gasteiger partial charge in [0.05, 0.1) is 11.2 Å². The summed E-state index contributed by atoms with van der Waals surface area (Å²) < 4.78 is 1.07. The van der Waals surface area contributed by atoms with E-state index in [1.54, 1.807) is 0 Å². The van der Waals surface area contributed by atoms with Gasteiger partial charge in [-0.1, -0.05) is 41.4 Å². The molecular formula is C21H24BrN3. The van der Waals surface area contributed by atoms with E-state index in [4.69, 9.17) is 0 Å². The minimum absolute atomic E-state index is 0.951. The van der Waals surface area contributed by atoms with Crippen molar-refractivity contribution in [3.63, 3.8) is 0 Å². The molecule has 0 radical (unpaired) electrons. The monoisotopic (exact) mass is 397 g/mol. The number of anilines is 2. The first-order valence-corrected chi connectivity index (χ1v) is 9.44. The molecule has 0 atom stereocenters. The Balaban J connectivity index is 1.98. The molecule has 1 heterocycles. The van der Waals surface area contributed by atoms with Crippen LogP contribution in [0.25, 0.3) is 10.9 Å². The number of nitrogens with zero attached hydrogens (tertiary/aromatic N) is 2. The van der Waals surface area contributed by atoms with E-state index >= 15 is 0 Å². The molecule has 0 spiro atoms. The van der Waals surface area contributed by atoms with Crippen molar-refractivity contribution in [3.05, 3.63) is 64.3 Å². The second-order valence-electron chi connectivity index (χ2n) is 6.63. The van der Waals surface area contributed by atoms with Gasteiger partial charge >= 0.3 is 0 Å². The van der Waals surface area contributed by atoms with Gasteiger partial charge in [0.15, 0.2) is 0 Å². The van der Waals surface area contributed by atoms with Gasteiger partial charge in [0.25, 0.3) is 0 Å². The van der Waals surface area contributed by atoms with Crippen molar-refractivity contribution in [3.8, 4) is 0 Å². The van der Waals surface area contributed by atoms with Gasteiger partial charge in [0.1, 0.15) is 0 Å². The van der Waals surface area contributed by atoms with Gasteiger partial charge in [0.2, 0.25) is 0 Å². The molecule has 0 unspecified atom stereocenters. The van der Waals surface area contributed by atoms with E-state index in [9.17, 15) is 0 Å². The number of nitrogens with one attached hydrogen (secondary N) is 1. The van der Waals surface area contributed by atoms with Gasteiger partial charge in [-0.2, -0.15) is 0 Å². The van der Waals surface area contributed by atoms with Crippen molar-refractivity contribution in [2.75, 3.05) is 19.4 Å². The van der Waals surface area contributed by atoms with Gasteiger partial charge in [-0.25, -0.2) is 0 Å². The Hall–Kier alpha value is -1.91. The third-order valence-electron chi connectivity index (χ3n) is 4.15. The Morgan fingerprint density at radius 2 is 1.84 bits per heavy atom. The van der Waals surface area contributed by atoms with Crippen molar-refractivity contribution in [2.45, 2.75) is 26.3 Å². The summed E-state index contributed by atoms with van der Waals surface area (Å²) in [7, 11) is 4.17. The van der Waals surface area contributed by atoms with E-state index in [0.29, 0.717) is 0 Å². The van der Waals surface area contributed by atoms with Crippen LogP contribution >= 0.6 is 15.9 Å². The largest absolute Gasteiger partial charge is 0.355 e. The molecule has 2 aromatic carbocycles. The van der Waals surface area contributed by atoms with Crippen LogP contribution in [0.15, 0.2) is 53.1 Å². The quantitative estimate of drug-likeness (QED) is 0.573. The molecule has 3 nitrogen and oxygen atoms in total. The second-order valence-corrected chi connectivity index (χ2v) is 7.55. The summed E-state index contributed by atoms with van der Waals surface area (Å²) in [5, 5.41) is 4.78. The van der Waals surface area contributed by atoms with Gasteiger partial charge < -0.3 is 10.2 Å². The molecule has 1 aromatic heterocycles. The molecular weight excluding hydrogens is 374 g/mol. The minimum Gasteiger partial charge on any atom is -0.355 e. The maximum atomic E-state index is 4.62. The zero-order valence-electron chi connectivity index (χ0n) is 15.0. The number of rotatable bonds is 6. The molecule has 0 fully saturated rings. The molecule has 0 amide bonds. The van der Waals surface area contributed by atoms with Crippen LogP contribution in [0.2, 0.25) is 0 Å². The molecule has 0 aliphatic heterocycles. The summed E-state index contributed by atoms with van der Waals surface area (Å²) in [5.74, 6) is 0. The summed E-state index contributed by atoms with van der Waals surface area (Å²) in [6.07, 6.45) is 4.11. The van der Waals surface area contributed by atoms with Crippen molar-refractivity contribution >= 4 is 38.2 Å². The minimum atomic E-state index is 0.951. The van der Waals surface area contributed by atoms with E-state index < -0.39 is 0 Å². The summed E-state index contributed by atoms with van der Waals surface area (Å²) in [5.41, 5.74) is 5.84. The summed E-state index contributed by atoms with van der Waals surface area (Å²) >= 11 is 3.59. The fraction of sp³-hybridized carbons (Fsp3) is 0.286. The molecule has 25 heavy (non-hydrogen) atoms. The van der Waals surface area contributed by atoms with Crippen LogP contribution in [0.1, 0.15) is 24.5 Å². The van der Waals surface area contributed by atoms with Crippen molar-refractivity contribution in [1.82, 2.24) is 9.88 Å². The van der Waals surface area contributed by atoms with Gasteiger partial charge in [0, 0.05) is 28.3 Å². The number of aryl methyl sites for hydroxylation is 1. The highest BCUT2D eigenvalue weighted by Crippen LogP contribution is 2.32. The average Bonchev–Trinajstić information content (AvgIpc) is 2.58. The average molecular weight is 398 g/mol. The number of aromatic nitrogens is 1. The Labute approximate surface area is 158 Å². The summed E-state index contributed by atoms with van der Waals surface area (Å²) in [6, 6.07) is 14.9. The van der Waals surface area contributed by atoms with E-state index in [2.05, 4.69) is 88.5 Å². The van der Waals surface area contributed by atoms with Crippen molar-refractivity contribution in [1.29, 1.82) is 0 Å². The molecule has 0 aliphatic carbocycles. The third kappa shape index (κ3) is 4.39. The molecule has 1 N–H and O–H groups in total. The van der Waals surface area contributed by atoms with Gasteiger partial charge in [-0.15, -0.1) is 0 Å². The molecule has 130 valence electrons. The first-order valence-electron chi connectivity index (χ1n) is 8.64. The van der Waals surface area contributed by atoms with E-state index in [1.165, 1.54) is 11.1 Å². The number of benzene rings is 2. The lowest BCUT2D eigenvalue weighted by Gasteiger charge is -2.16. The predicted molar refractivity (Wildman–Crippen MR) is 111 cm³/mol. The number of hydrogen-bond acceptors (Lipinski definition) is 3. The van der Waals surface area contributed by atoms with Crippen LogP contribution < -0.4 is 5.32 Å². The molecule has 4 heteroatoms. The van der Waals surface area contributed by atoms with E-state index in [1.807, 2.05) is 12.3 Å². The number of pyridine rings is 1. The smallest absolute Gasteiger partial charge is 0.0723 e. The normalized spacial score (nSPS) is 11.2. The summed E-state index contributed by atoms with van der Waals surface area (Å²) in [6.45, 7) is 3.15. The Kier molecular flexibility index (Phi) is 5.71. The third-order valence-corrected chi connectivity index (χ3v) is 4.64. The zero-order chi connectivity index (χ0) is 17.8. The highest BCUT2D eigenvalue weighted by Gasteiger charge is 2.10. The Bertz CT molecular complexity index is 857. The SMILES string of the molecule is CCCc1cnc2ccc(Br)cc2c1Nc1ccc(CN(C)C)cc1. The van der Waals surface area contributed by atoms with Crippen LogP contribution in [0.5, 0.6) is 0 Å². The molecule has 0 saturated carbocycles. The Morgan fingerprint density at radius 3 is 2.52 bits per heavy atom. The molecule has 3 aromatic rings. The number of fused-ring (bicyclic) bond motifs is 1. The predicted octanol–water partition coefficient (Wildman–Crippen LogP) is 5.76.